The van der Waals surface area contributed by atoms with Gasteiger partial charge in [-0.25, -0.2) is 4.98 Å². The molecule has 0 saturated carbocycles. The molecule has 0 radical (unpaired) electrons. The first kappa shape index (κ1) is 9.76. The molecule has 0 fully saturated rings. The number of nitrogens with one attached hydrogen (secondary N) is 1. The highest BCUT2D eigenvalue weighted by atomic mass is 15.3. The predicted octanol–water partition coefficient (Wildman–Crippen LogP) is 1.29. The molecule has 5 nitrogen and oxygen atoms in total. The topological polar surface area (TPSA) is 68.8 Å². The first-order valence-electron chi connectivity index (χ1n) is 4.96. The Bertz CT molecular complexity index is 500. The second kappa shape index (κ2) is 3.42. The lowest BCUT2D eigenvalue weighted by Crippen LogP contribution is -2.03. The highest BCUT2D eigenvalue weighted by Gasteiger charge is 2.12. The first-order chi connectivity index (χ1) is 7.15. The van der Waals surface area contributed by atoms with Crippen LogP contribution in [0.15, 0.2) is 6.20 Å². The number of aromatic nitrogens is 3. The number of nitrogens with two attached hydrogens (primary N) is 1. The molecule has 2 heterocycles. The Morgan fingerprint density at radius 1 is 1.53 bits per heavy atom. The largest absolute Gasteiger partial charge is 0.396 e. The number of aryl methyl sites for hydroxylation is 2. The van der Waals surface area contributed by atoms with Crippen LogP contribution in [0.5, 0.6) is 0 Å². The molecule has 0 aliphatic rings. The molecule has 15 heavy (non-hydrogen) atoms. The molecule has 3 N–H and O–H groups in total. The van der Waals surface area contributed by atoms with E-state index in [1.165, 1.54) is 0 Å². The van der Waals surface area contributed by atoms with Crippen molar-refractivity contribution in [3.05, 3.63) is 11.9 Å². The van der Waals surface area contributed by atoms with Crippen molar-refractivity contribution in [1.82, 2.24) is 14.8 Å². The Balaban J connectivity index is 2.79. The summed E-state index contributed by atoms with van der Waals surface area (Å²) in [5, 5.41) is 8.60. The van der Waals surface area contributed by atoms with Crippen LogP contribution in [0.2, 0.25) is 0 Å². The van der Waals surface area contributed by atoms with Gasteiger partial charge in [-0.3, -0.25) is 4.68 Å². The van der Waals surface area contributed by atoms with Gasteiger partial charge in [-0.15, -0.1) is 0 Å². The van der Waals surface area contributed by atoms with Crippen LogP contribution in [0.3, 0.4) is 0 Å². The van der Waals surface area contributed by atoms with Crippen molar-refractivity contribution < 1.29 is 0 Å². The van der Waals surface area contributed by atoms with E-state index in [9.17, 15) is 0 Å². The number of hydrogen-bond donors (Lipinski definition) is 2. The van der Waals surface area contributed by atoms with Crippen molar-refractivity contribution in [2.45, 2.75) is 13.8 Å². The molecule has 5 heteroatoms. The van der Waals surface area contributed by atoms with Crippen molar-refractivity contribution in [1.29, 1.82) is 0 Å². The Morgan fingerprint density at radius 3 is 2.93 bits per heavy atom. The van der Waals surface area contributed by atoms with Gasteiger partial charge in [0.25, 0.3) is 0 Å². The third kappa shape index (κ3) is 1.40. The van der Waals surface area contributed by atoms with E-state index < -0.39 is 0 Å². The molecule has 0 unspecified atom stereocenters. The molecule has 80 valence electrons. The fourth-order valence-corrected chi connectivity index (χ4v) is 1.79. The molecular weight excluding hydrogens is 190 g/mol. The van der Waals surface area contributed by atoms with E-state index in [0.29, 0.717) is 5.69 Å². The van der Waals surface area contributed by atoms with Gasteiger partial charge < -0.3 is 11.1 Å². The van der Waals surface area contributed by atoms with Gasteiger partial charge >= 0.3 is 0 Å². The number of nitrogens with zero attached hydrogens (tertiary/aromatic N) is 3. The Labute approximate surface area is 88.3 Å². The molecule has 2 aromatic rings. The zero-order chi connectivity index (χ0) is 11.0. The molecule has 2 rings (SSSR count). The molecular formula is C10H15N5. The quantitative estimate of drug-likeness (QED) is 0.775. The molecule has 0 amide bonds. The summed E-state index contributed by atoms with van der Waals surface area (Å²) >= 11 is 0. The summed E-state index contributed by atoms with van der Waals surface area (Å²) in [5.41, 5.74) is 9.30. The van der Waals surface area contributed by atoms with Crippen LogP contribution in [-0.2, 0) is 7.05 Å². The zero-order valence-electron chi connectivity index (χ0n) is 9.20. The normalized spacial score (nSPS) is 10.9. The molecule has 0 aromatic carbocycles. The summed E-state index contributed by atoms with van der Waals surface area (Å²) in [7, 11) is 1.88. The third-order valence-corrected chi connectivity index (χ3v) is 2.41. The SMILES string of the molecule is CCNc1c(N)cnc2c1c(C)nn2C. The predicted molar refractivity (Wildman–Crippen MR) is 61.8 cm³/mol. The van der Waals surface area contributed by atoms with Crippen molar-refractivity contribution in [3.63, 3.8) is 0 Å². The lowest BCUT2D eigenvalue weighted by Gasteiger charge is -2.08. The van der Waals surface area contributed by atoms with Gasteiger partial charge in [-0.1, -0.05) is 0 Å². The van der Waals surface area contributed by atoms with Gasteiger partial charge in [0, 0.05) is 13.6 Å². The zero-order valence-corrected chi connectivity index (χ0v) is 9.20. The van der Waals surface area contributed by atoms with E-state index in [1.807, 2.05) is 20.9 Å². The van der Waals surface area contributed by atoms with Crippen LogP contribution in [0.25, 0.3) is 11.0 Å². The first-order valence-corrected chi connectivity index (χ1v) is 4.96. The summed E-state index contributed by atoms with van der Waals surface area (Å²) in [6, 6.07) is 0. The minimum Gasteiger partial charge on any atom is -0.396 e. The number of rotatable bonds is 2. The maximum absolute atomic E-state index is 5.89. The van der Waals surface area contributed by atoms with Crippen molar-refractivity contribution in [2.75, 3.05) is 17.6 Å². The Hall–Kier alpha value is -1.78. The lowest BCUT2D eigenvalue weighted by molar-refractivity contribution is 0.774. The fraction of sp³-hybridized carbons (Fsp3) is 0.400. The summed E-state index contributed by atoms with van der Waals surface area (Å²) in [4.78, 5) is 4.28. The Kier molecular flexibility index (Phi) is 2.22. The van der Waals surface area contributed by atoms with Crippen LogP contribution in [-0.4, -0.2) is 21.3 Å². The average Bonchev–Trinajstić information content (AvgIpc) is 2.47. The van der Waals surface area contributed by atoms with Crippen molar-refractivity contribution in [2.24, 2.45) is 7.05 Å². The second-order valence-corrected chi connectivity index (χ2v) is 3.53. The van der Waals surface area contributed by atoms with E-state index >= 15 is 0 Å². The maximum Gasteiger partial charge on any atom is 0.159 e. The number of fused-ring (bicyclic) bond motifs is 1. The van der Waals surface area contributed by atoms with Gasteiger partial charge in [-0.2, -0.15) is 5.10 Å². The average molecular weight is 205 g/mol. The van der Waals surface area contributed by atoms with Crippen molar-refractivity contribution >= 4 is 22.4 Å². The minimum absolute atomic E-state index is 0.667. The van der Waals surface area contributed by atoms with Gasteiger partial charge in [-0.05, 0) is 13.8 Å². The smallest absolute Gasteiger partial charge is 0.159 e. The molecule has 0 bridgehead atoms. The van der Waals surface area contributed by atoms with Crippen LogP contribution < -0.4 is 11.1 Å². The fourth-order valence-electron chi connectivity index (χ4n) is 1.79. The summed E-state index contributed by atoms with van der Waals surface area (Å²) < 4.78 is 1.77. The second-order valence-electron chi connectivity index (χ2n) is 3.53. The third-order valence-electron chi connectivity index (χ3n) is 2.41. The highest BCUT2D eigenvalue weighted by molar-refractivity contribution is 5.97. The number of nitrogen functional groups attached to an aromatic ring is 1. The van der Waals surface area contributed by atoms with Gasteiger partial charge in [0.15, 0.2) is 5.65 Å². The standard InChI is InChI=1S/C10H15N5/c1-4-12-9-7(11)5-13-10-8(9)6(2)14-15(10)3/h5H,4,11H2,1-3H3,(H,12,13). The number of hydrogen-bond acceptors (Lipinski definition) is 4. The highest BCUT2D eigenvalue weighted by Crippen LogP contribution is 2.29. The van der Waals surface area contributed by atoms with Gasteiger partial charge in [0.2, 0.25) is 0 Å². The van der Waals surface area contributed by atoms with E-state index in [0.717, 1.165) is 29.0 Å². The minimum atomic E-state index is 0.667. The Morgan fingerprint density at radius 2 is 2.27 bits per heavy atom. The van der Waals surface area contributed by atoms with E-state index in [1.54, 1.807) is 10.9 Å². The molecule has 0 aliphatic heterocycles. The number of pyridine rings is 1. The molecule has 0 aliphatic carbocycles. The van der Waals surface area contributed by atoms with E-state index in [-0.39, 0.29) is 0 Å². The van der Waals surface area contributed by atoms with E-state index in [2.05, 4.69) is 15.4 Å². The summed E-state index contributed by atoms with van der Waals surface area (Å²) in [6.45, 7) is 4.83. The van der Waals surface area contributed by atoms with Crippen LogP contribution >= 0.6 is 0 Å². The van der Waals surface area contributed by atoms with Crippen molar-refractivity contribution in [3.8, 4) is 0 Å². The molecule has 0 atom stereocenters. The van der Waals surface area contributed by atoms with E-state index in [4.69, 9.17) is 5.73 Å². The van der Waals surface area contributed by atoms with Crippen LogP contribution in [0, 0.1) is 6.92 Å². The summed E-state index contributed by atoms with van der Waals surface area (Å²) in [5.74, 6) is 0. The van der Waals surface area contributed by atoms with Gasteiger partial charge in [0.1, 0.15) is 0 Å². The lowest BCUT2D eigenvalue weighted by atomic mass is 10.2. The van der Waals surface area contributed by atoms with Crippen LogP contribution in [0.1, 0.15) is 12.6 Å². The maximum atomic E-state index is 5.89. The summed E-state index contributed by atoms with van der Waals surface area (Å²) in [6.07, 6.45) is 1.67. The molecule has 0 spiro atoms. The van der Waals surface area contributed by atoms with Gasteiger partial charge in [0.05, 0.1) is 28.7 Å². The molecule has 0 saturated heterocycles. The molecule has 2 aromatic heterocycles. The van der Waals surface area contributed by atoms with Crippen LogP contribution in [0.4, 0.5) is 11.4 Å². The monoisotopic (exact) mass is 205 g/mol. The number of anilines is 2.